The molecule has 0 bridgehead atoms. The predicted molar refractivity (Wildman–Crippen MR) is 81.4 cm³/mol. The summed E-state index contributed by atoms with van der Waals surface area (Å²) in [7, 11) is 4.04. The van der Waals surface area contributed by atoms with Crippen LogP contribution in [-0.2, 0) is 0 Å². The number of likely N-dealkylation sites (N-methyl/N-ethyl adjacent to an activating group) is 1. The van der Waals surface area contributed by atoms with Gasteiger partial charge in [0, 0.05) is 25.1 Å². The number of piperidine rings is 1. The van der Waals surface area contributed by atoms with Gasteiger partial charge in [-0.05, 0) is 26.4 Å². The second kappa shape index (κ2) is 6.88. The summed E-state index contributed by atoms with van der Waals surface area (Å²) in [6, 6.07) is 2.37. The van der Waals surface area contributed by atoms with Crippen molar-refractivity contribution in [3.8, 4) is 5.88 Å². The lowest BCUT2D eigenvalue weighted by Crippen LogP contribution is -2.40. The Kier molecular flexibility index (Phi) is 5.17. The van der Waals surface area contributed by atoms with Gasteiger partial charge in [-0.3, -0.25) is 0 Å². The molecule has 1 N–H and O–H groups in total. The highest BCUT2D eigenvalue weighted by Crippen LogP contribution is 2.20. The van der Waals surface area contributed by atoms with Gasteiger partial charge in [-0.2, -0.15) is 4.98 Å². The number of hydrogen-bond acceptors (Lipinski definition) is 5. The van der Waals surface area contributed by atoms with Crippen LogP contribution in [0.2, 0.25) is 0 Å². The normalized spacial score (nSPS) is 20.1. The summed E-state index contributed by atoms with van der Waals surface area (Å²) in [6.45, 7) is 6.05. The SMILES string of the molecule is CNc1cc(OCC2CCCCN2C)nc(C(C)C)n1. The molecule has 0 saturated carbocycles. The summed E-state index contributed by atoms with van der Waals surface area (Å²) in [6.07, 6.45) is 3.79. The van der Waals surface area contributed by atoms with Crippen molar-refractivity contribution in [3.63, 3.8) is 0 Å². The van der Waals surface area contributed by atoms with Gasteiger partial charge in [-0.25, -0.2) is 4.98 Å². The Bertz CT molecular complexity index is 436. The first kappa shape index (κ1) is 15.0. The molecule has 0 spiro atoms. The Hall–Kier alpha value is -1.36. The van der Waals surface area contributed by atoms with E-state index >= 15 is 0 Å². The maximum atomic E-state index is 5.92. The summed E-state index contributed by atoms with van der Waals surface area (Å²) in [5, 5.41) is 3.07. The second-order valence-corrected chi connectivity index (χ2v) is 5.80. The van der Waals surface area contributed by atoms with E-state index < -0.39 is 0 Å². The van der Waals surface area contributed by atoms with Crippen LogP contribution in [0.15, 0.2) is 6.07 Å². The van der Waals surface area contributed by atoms with Gasteiger partial charge in [0.15, 0.2) is 0 Å². The van der Waals surface area contributed by atoms with E-state index in [0.717, 1.165) is 18.2 Å². The van der Waals surface area contributed by atoms with Crippen molar-refractivity contribution in [2.45, 2.75) is 45.1 Å². The van der Waals surface area contributed by atoms with Crippen molar-refractivity contribution in [1.29, 1.82) is 0 Å². The van der Waals surface area contributed by atoms with Gasteiger partial charge in [0.25, 0.3) is 0 Å². The fourth-order valence-corrected chi connectivity index (χ4v) is 2.44. The molecule has 1 saturated heterocycles. The van der Waals surface area contributed by atoms with Crippen LogP contribution in [0.25, 0.3) is 0 Å². The maximum absolute atomic E-state index is 5.92. The van der Waals surface area contributed by atoms with Crippen LogP contribution in [0.1, 0.15) is 44.9 Å². The van der Waals surface area contributed by atoms with Gasteiger partial charge in [0.2, 0.25) is 5.88 Å². The van der Waals surface area contributed by atoms with E-state index in [2.05, 4.69) is 41.1 Å². The lowest BCUT2D eigenvalue weighted by Gasteiger charge is -2.32. The number of hydrogen-bond donors (Lipinski definition) is 1. The maximum Gasteiger partial charge on any atom is 0.218 e. The molecular formula is C15H26N4O. The molecule has 2 heterocycles. The molecular weight excluding hydrogens is 252 g/mol. The molecule has 1 aliphatic rings. The number of rotatable bonds is 5. The fourth-order valence-electron chi connectivity index (χ4n) is 2.44. The summed E-state index contributed by atoms with van der Waals surface area (Å²) in [4.78, 5) is 11.3. The molecule has 1 unspecified atom stereocenters. The molecule has 0 radical (unpaired) electrons. The van der Waals surface area contributed by atoms with Crippen molar-refractivity contribution < 1.29 is 4.74 Å². The molecule has 5 nitrogen and oxygen atoms in total. The molecule has 1 atom stereocenters. The smallest absolute Gasteiger partial charge is 0.218 e. The van der Waals surface area contributed by atoms with Crippen LogP contribution in [0.4, 0.5) is 5.82 Å². The van der Waals surface area contributed by atoms with E-state index in [-0.39, 0.29) is 0 Å². The monoisotopic (exact) mass is 278 g/mol. The van der Waals surface area contributed by atoms with Crippen LogP contribution in [0.5, 0.6) is 5.88 Å². The summed E-state index contributed by atoms with van der Waals surface area (Å²) >= 11 is 0. The molecule has 5 heteroatoms. The Morgan fingerprint density at radius 1 is 1.40 bits per heavy atom. The molecule has 0 aromatic carbocycles. The van der Waals surface area contributed by atoms with E-state index in [1.807, 2.05) is 13.1 Å². The number of likely N-dealkylation sites (tertiary alicyclic amines) is 1. The summed E-state index contributed by atoms with van der Waals surface area (Å²) in [5.41, 5.74) is 0. The van der Waals surface area contributed by atoms with Gasteiger partial charge >= 0.3 is 0 Å². The number of nitrogens with one attached hydrogen (secondary N) is 1. The average molecular weight is 278 g/mol. The molecule has 1 aromatic heterocycles. The van der Waals surface area contributed by atoms with Crippen LogP contribution in [0.3, 0.4) is 0 Å². The minimum atomic E-state index is 0.294. The van der Waals surface area contributed by atoms with Crippen LogP contribution in [0, 0.1) is 0 Å². The van der Waals surface area contributed by atoms with Crippen LogP contribution >= 0.6 is 0 Å². The Balaban J connectivity index is 2.02. The van der Waals surface area contributed by atoms with E-state index in [1.165, 1.54) is 19.3 Å². The highest BCUT2D eigenvalue weighted by molar-refractivity contribution is 5.38. The van der Waals surface area contributed by atoms with Crippen molar-refractivity contribution in [2.24, 2.45) is 0 Å². The highest BCUT2D eigenvalue weighted by Gasteiger charge is 2.20. The predicted octanol–water partition coefficient (Wildman–Crippen LogP) is 2.50. The molecule has 2 rings (SSSR count). The molecule has 0 aliphatic carbocycles. The van der Waals surface area contributed by atoms with Gasteiger partial charge in [0.05, 0.1) is 0 Å². The second-order valence-electron chi connectivity index (χ2n) is 5.80. The minimum Gasteiger partial charge on any atom is -0.476 e. The van der Waals surface area contributed by atoms with E-state index in [4.69, 9.17) is 4.74 Å². The Morgan fingerprint density at radius 2 is 2.20 bits per heavy atom. The lowest BCUT2D eigenvalue weighted by molar-refractivity contribution is 0.122. The first-order valence-corrected chi connectivity index (χ1v) is 7.50. The van der Waals surface area contributed by atoms with Gasteiger partial charge in [-0.15, -0.1) is 0 Å². The highest BCUT2D eigenvalue weighted by atomic mass is 16.5. The van der Waals surface area contributed by atoms with Crippen molar-refractivity contribution >= 4 is 5.82 Å². The number of aromatic nitrogens is 2. The third kappa shape index (κ3) is 3.82. The fraction of sp³-hybridized carbons (Fsp3) is 0.733. The van der Waals surface area contributed by atoms with Gasteiger partial charge in [-0.1, -0.05) is 20.3 Å². The number of ether oxygens (including phenoxy) is 1. The van der Waals surface area contributed by atoms with Gasteiger partial charge < -0.3 is 15.0 Å². The molecule has 0 amide bonds. The van der Waals surface area contributed by atoms with E-state index in [9.17, 15) is 0 Å². The quantitative estimate of drug-likeness (QED) is 0.897. The van der Waals surface area contributed by atoms with Crippen molar-refractivity contribution in [2.75, 3.05) is 32.6 Å². The Morgan fingerprint density at radius 3 is 2.85 bits per heavy atom. The molecule has 1 fully saturated rings. The first-order valence-electron chi connectivity index (χ1n) is 7.50. The molecule has 1 aliphatic heterocycles. The summed E-state index contributed by atoms with van der Waals surface area (Å²) in [5.74, 6) is 2.61. The third-order valence-corrected chi connectivity index (χ3v) is 3.84. The van der Waals surface area contributed by atoms with Gasteiger partial charge in [0.1, 0.15) is 18.2 Å². The van der Waals surface area contributed by atoms with E-state index in [1.54, 1.807) is 0 Å². The average Bonchev–Trinajstić information content (AvgIpc) is 2.46. The van der Waals surface area contributed by atoms with Crippen LogP contribution < -0.4 is 10.1 Å². The number of anilines is 1. The lowest BCUT2D eigenvalue weighted by atomic mass is 10.0. The van der Waals surface area contributed by atoms with Crippen LogP contribution in [-0.4, -0.2) is 48.2 Å². The topological polar surface area (TPSA) is 50.3 Å². The van der Waals surface area contributed by atoms with Crippen molar-refractivity contribution in [3.05, 3.63) is 11.9 Å². The first-order chi connectivity index (χ1) is 9.60. The largest absolute Gasteiger partial charge is 0.476 e. The number of nitrogens with zero attached hydrogens (tertiary/aromatic N) is 3. The molecule has 112 valence electrons. The minimum absolute atomic E-state index is 0.294. The molecule has 20 heavy (non-hydrogen) atoms. The molecule has 1 aromatic rings. The zero-order chi connectivity index (χ0) is 14.5. The standard InChI is InChI=1S/C15H26N4O/c1-11(2)15-17-13(16-3)9-14(18-15)20-10-12-7-5-6-8-19(12)4/h9,11-12H,5-8,10H2,1-4H3,(H,16,17,18). The van der Waals surface area contributed by atoms with E-state index in [0.29, 0.717) is 24.4 Å². The Labute approximate surface area is 121 Å². The summed E-state index contributed by atoms with van der Waals surface area (Å²) < 4.78 is 5.92. The zero-order valence-electron chi connectivity index (χ0n) is 13.0. The van der Waals surface area contributed by atoms with Crippen molar-refractivity contribution in [1.82, 2.24) is 14.9 Å². The zero-order valence-corrected chi connectivity index (χ0v) is 13.0. The third-order valence-electron chi connectivity index (χ3n) is 3.84.